The summed E-state index contributed by atoms with van der Waals surface area (Å²) in [4.78, 5) is 10.7. The average Bonchev–Trinajstić information content (AvgIpc) is 2.06. The molecule has 0 aliphatic carbocycles. The molecule has 1 aromatic rings. The minimum atomic E-state index is 0.616. The summed E-state index contributed by atoms with van der Waals surface area (Å²) in [6, 6.07) is 0.616. The number of rotatable bonds is 1. The lowest BCUT2D eigenvalue weighted by Crippen LogP contribution is -2.46. The Hall–Kier alpha value is -0.390. The van der Waals surface area contributed by atoms with Crippen molar-refractivity contribution < 1.29 is 0 Å². The Balaban J connectivity index is 2.18. The Kier molecular flexibility index (Phi) is 2.16. The van der Waals surface area contributed by atoms with E-state index in [1.165, 1.54) is 6.42 Å². The van der Waals surface area contributed by atoms with E-state index in [2.05, 4.69) is 44.4 Å². The van der Waals surface area contributed by atoms with Crippen LogP contribution in [-0.4, -0.2) is 22.6 Å². The minimum absolute atomic E-state index is 0.616. The van der Waals surface area contributed by atoms with Crippen molar-refractivity contribution in [3.63, 3.8) is 0 Å². The lowest BCUT2D eigenvalue weighted by atomic mass is 10.1. The normalized spacial score (nSPS) is 22.2. The van der Waals surface area contributed by atoms with Gasteiger partial charge in [0.25, 0.3) is 0 Å². The van der Waals surface area contributed by atoms with Gasteiger partial charge in [-0.2, -0.15) is 0 Å². The van der Waals surface area contributed by atoms with E-state index < -0.39 is 0 Å². The van der Waals surface area contributed by atoms with Crippen molar-refractivity contribution in [1.82, 2.24) is 9.97 Å². The molecule has 0 amide bonds. The Morgan fingerprint density at radius 1 is 1.50 bits per heavy atom. The van der Waals surface area contributed by atoms with Crippen LogP contribution in [0.2, 0.25) is 0 Å². The van der Waals surface area contributed by atoms with Gasteiger partial charge in [-0.25, -0.2) is 9.97 Å². The SMILES string of the molecule is CC1CCN1c1ncc(I)cn1. The Bertz CT molecular complexity index is 272. The highest BCUT2D eigenvalue weighted by Crippen LogP contribution is 2.21. The number of hydrogen-bond acceptors (Lipinski definition) is 3. The number of anilines is 1. The van der Waals surface area contributed by atoms with Crippen LogP contribution in [0.5, 0.6) is 0 Å². The van der Waals surface area contributed by atoms with E-state index in [1.54, 1.807) is 0 Å². The first-order valence-electron chi connectivity index (χ1n) is 4.01. The molecule has 3 nitrogen and oxygen atoms in total. The van der Waals surface area contributed by atoms with Crippen LogP contribution in [0.25, 0.3) is 0 Å². The van der Waals surface area contributed by atoms with E-state index in [0.717, 1.165) is 16.1 Å². The van der Waals surface area contributed by atoms with Gasteiger partial charge in [-0.05, 0) is 35.9 Å². The van der Waals surface area contributed by atoms with E-state index in [4.69, 9.17) is 0 Å². The second-order valence-corrected chi connectivity index (χ2v) is 4.28. The zero-order valence-corrected chi connectivity index (χ0v) is 9.02. The monoisotopic (exact) mass is 275 g/mol. The fourth-order valence-corrected chi connectivity index (χ4v) is 1.55. The zero-order valence-electron chi connectivity index (χ0n) is 6.87. The highest BCUT2D eigenvalue weighted by Gasteiger charge is 2.25. The molecule has 1 aliphatic heterocycles. The van der Waals surface area contributed by atoms with Crippen LogP contribution in [0, 0.1) is 3.57 Å². The molecule has 0 radical (unpaired) electrons. The third-order valence-corrected chi connectivity index (χ3v) is 2.74. The average molecular weight is 275 g/mol. The zero-order chi connectivity index (χ0) is 8.55. The van der Waals surface area contributed by atoms with E-state index in [0.29, 0.717) is 6.04 Å². The minimum Gasteiger partial charge on any atom is -0.338 e. The highest BCUT2D eigenvalue weighted by atomic mass is 127. The molecule has 0 spiro atoms. The molecule has 12 heavy (non-hydrogen) atoms. The molecule has 0 aromatic carbocycles. The second-order valence-electron chi connectivity index (χ2n) is 3.03. The Labute approximate surface area is 85.3 Å². The van der Waals surface area contributed by atoms with Crippen LogP contribution < -0.4 is 4.90 Å². The number of nitrogens with zero attached hydrogens (tertiary/aromatic N) is 3. The topological polar surface area (TPSA) is 29.0 Å². The van der Waals surface area contributed by atoms with E-state index in [-0.39, 0.29) is 0 Å². The summed E-state index contributed by atoms with van der Waals surface area (Å²) >= 11 is 2.21. The van der Waals surface area contributed by atoms with E-state index in [1.807, 2.05) is 12.4 Å². The maximum Gasteiger partial charge on any atom is 0.225 e. The lowest BCUT2D eigenvalue weighted by Gasteiger charge is -2.38. The van der Waals surface area contributed by atoms with Crippen LogP contribution in [0.1, 0.15) is 13.3 Å². The summed E-state index contributed by atoms with van der Waals surface area (Å²) < 4.78 is 1.09. The molecule has 1 aliphatic rings. The van der Waals surface area contributed by atoms with Gasteiger partial charge < -0.3 is 4.90 Å². The number of hydrogen-bond donors (Lipinski definition) is 0. The lowest BCUT2D eigenvalue weighted by molar-refractivity contribution is 0.470. The summed E-state index contributed by atoms with van der Waals surface area (Å²) in [7, 11) is 0. The Morgan fingerprint density at radius 3 is 2.58 bits per heavy atom. The van der Waals surface area contributed by atoms with Gasteiger partial charge in [0.2, 0.25) is 5.95 Å². The highest BCUT2D eigenvalue weighted by molar-refractivity contribution is 14.1. The van der Waals surface area contributed by atoms with Crippen LogP contribution in [-0.2, 0) is 0 Å². The van der Waals surface area contributed by atoms with E-state index >= 15 is 0 Å². The quantitative estimate of drug-likeness (QED) is 0.730. The third kappa shape index (κ3) is 1.39. The molecule has 0 bridgehead atoms. The largest absolute Gasteiger partial charge is 0.338 e. The van der Waals surface area contributed by atoms with Crippen LogP contribution in [0.15, 0.2) is 12.4 Å². The van der Waals surface area contributed by atoms with Gasteiger partial charge in [-0.15, -0.1) is 0 Å². The molecule has 0 saturated carbocycles. The van der Waals surface area contributed by atoms with Gasteiger partial charge >= 0.3 is 0 Å². The maximum absolute atomic E-state index is 4.26. The number of aromatic nitrogens is 2. The molecular weight excluding hydrogens is 265 g/mol. The number of halogens is 1. The van der Waals surface area contributed by atoms with Gasteiger partial charge in [0.1, 0.15) is 0 Å². The predicted octanol–water partition coefficient (Wildman–Crippen LogP) is 1.68. The fourth-order valence-electron chi connectivity index (χ4n) is 1.27. The second kappa shape index (κ2) is 3.16. The molecule has 1 saturated heterocycles. The first kappa shape index (κ1) is 8.22. The van der Waals surface area contributed by atoms with Crippen molar-refractivity contribution >= 4 is 28.5 Å². The van der Waals surface area contributed by atoms with Crippen molar-refractivity contribution in [1.29, 1.82) is 0 Å². The summed E-state index contributed by atoms with van der Waals surface area (Å²) in [6.07, 6.45) is 4.97. The van der Waals surface area contributed by atoms with Gasteiger partial charge in [0.15, 0.2) is 0 Å². The predicted molar refractivity (Wildman–Crippen MR) is 56.2 cm³/mol. The molecule has 1 aromatic heterocycles. The van der Waals surface area contributed by atoms with Crippen molar-refractivity contribution in [3.05, 3.63) is 16.0 Å². The van der Waals surface area contributed by atoms with E-state index in [9.17, 15) is 0 Å². The molecule has 2 heterocycles. The molecule has 1 unspecified atom stereocenters. The molecule has 0 N–H and O–H groups in total. The molecular formula is C8H10IN3. The van der Waals surface area contributed by atoms with Crippen molar-refractivity contribution in [2.24, 2.45) is 0 Å². The summed E-state index contributed by atoms with van der Waals surface area (Å²) in [5, 5.41) is 0. The molecule has 1 fully saturated rings. The van der Waals surface area contributed by atoms with Crippen molar-refractivity contribution in [3.8, 4) is 0 Å². The third-order valence-electron chi connectivity index (χ3n) is 2.18. The van der Waals surface area contributed by atoms with Crippen molar-refractivity contribution in [2.75, 3.05) is 11.4 Å². The molecule has 1 atom stereocenters. The van der Waals surface area contributed by atoms with Gasteiger partial charge in [-0.1, -0.05) is 0 Å². The fraction of sp³-hybridized carbons (Fsp3) is 0.500. The van der Waals surface area contributed by atoms with Crippen molar-refractivity contribution in [2.45, 2.75) is 19.4 Å². The first-order valence-corrected chi connectivity index (χ1v) is 5.09. The summed E-state index contributed by atoms with van der Waals surface area (Å²) in [5.41, 5.74) is 0. The van der Waals surface area contributed by atoms with Gasteiger partial charge in [-0.3, -0.25) is 0 Å². The first-order chi connectivity index (χ1) is 5.77. The maximum atomic E-state index is 4.26. The molecule has 2 rings (SSSR count). The smallest absolute Gasteiger partial charge is 0.225 e. The van der Waals surface area contributed by atoms with Crippen LogP contribution in [0.4, 0.5) is 5.95 Å². The standard InChI is InChI=1S/C8H10IN3/c1-6-2-3-12(6)8-10-4-7(9)5-11-8/h4-6H,2-3H2,1H3. The summed E-state index contributed by atoms with van der Waals surface area (Å²) in [6.45, 7) is 3.30. The molecule has 4 heteroatoms. The Morgan fingerprint density at radius 2 is 2.17 bits per heavy atom. The van der Waals surface area contributed by atoms with Crippen LogP contribution in [0.3, 0.4) is 0 Å². The van der Waals surface area contributed by atoms with Gasteiger partial charge in [0.05, 0.1) is 0 Å². The van der Waals surface area contributed by atoms with Crippen LogP contribution >= 0.6 is 22.6 Å². The summed E-state index contributed by atoms with van der Waals surface area (Å²) in [5.74, 6) is 0.870. The molecule has 64 valence electrons. The van der Waals surface area contributed by atoms with Gasteiger partial charge in [0, 0.05) is 28.6 Å².